The summed E-state index contributed by atoms with van der Waals surface area (Å²) in [6.07, 6.45) is -1.73. The molecular formula is C27H36F2N4O6. The molecule has 0 heterocycles. The Morgan fingerprint density at radius 1 is 0.923 bits per heavy atom. The minimum absolute atomic E-state index is 0.0194. The van der Waals surface area contributed by atoms with Gasteiger partial charge < -0.3 is 35.5 Å². The van der Waals surface area contributed by atoms with Crippen molar-refractivity contribution in [1.82, 2.24) is 15.5 Å². The Balaban J connectivity index is 2.13. The molecule has 0 fully saturated rings. The fourth-order valence-electron chi connectivity index (χ4n) is 3.62. The number of rotatable bonds is 15. The summed E-state index contributed by atoms with van der Waals surface area (Å²) in [6.45, 7) is 4.02. The lowest BCUT2D eigenvalue weighted by Crippen LogP contribution is -2.57. The fraction of sp³-hybridized carbons (Fsp3) is 0.444. The van der Waals surface area contributed by atoms with Crippen molar-refractivity contribution in [3.63, 3.8) is 0 Å². The molecule has 39 heavy (non-hydrogen) atoms. The third kappa shape index (κ3) is 10.6. The summed E-state index contributed by atoms with van der Waals surface area (Å²) in [6, 6.07) is 9.72. The van der Waals surface area contributed by atoms with Gasteiger partial charge in [0.2, 0.25) is 11.8 Å². The summed E-state index contributed by atoms with van der Waals surface area (Å²) in [4.78, 5) is 40.0. The molecule has 2 rings (SSSR count). The van der Waals surface area contributed by atoms with E-state index in [0.717, 1.165) is 17.7 Å². The predicted molar refractivity (Wildman–Crippen MR) is 139 cm³/mol. The summed E-state index contributed by atoms with van der Waals surface area (Å²) >= 11 is 0. The van der Waals surface area contributed by atoms with Crippen LogP contribution in [0.25, 0.3) is 0 Å². The van der Waals surface area contributed by atoms with Crippen molar-refractivity contribution in [2.24, 2.45) is 5.73 Å². The molecule has 0 saturated heterocycles. The van der Waals surface area contributed by atoms with Crippen LogP contribution in [0.2, 0.25) is 0 Å². The van der Waals surface area contributed by atoms with Gasteiger partial charge in [0, 0.05) is 33.2 Å². The van der Waals surface area contributed by atoms with E-state index >= 15 is 0 Å². The van der Waals surface area contributed by atoms with Gasteiger partial charge in [0.05, 0.1) is 6.54 Å². The molecule has 0 aromatic heterocycles. The van der Waals surface area contributed by atoms with Crippen LogP contribution in [0.4, 0.5) is 13.6 Å². The molecule has 2 unspecified atom stereocenters. The number of nitrogens with one attached hydrogen (secondary N) is 2. The van der Waals surface area contributed by atoms with Gasteiger partial charge >= 0.3 is 6.09 Å². The molecular weight excluding hydrogens is 514 g/mol. The second-order valence-electron chi connectivity index (χ2n) is 8.57. The molecule has 3 amide bonds. The molecule has 0 aliphatic heterocycles. The number of carbonyl (C=O) groups is 3. The van der Waals surface area contributed by atoms with E-state index in [4.69, 9.17) is 19.9 Å². The van der Waals surface area contributed by atoms with Crippen LogP contribution in [-0.2, 0) is 36.8 Å². The van der Waals surface area contributed by atoms with E-state index in [2.05, 4.69) is 10.6 Å². The topological polar surface area (TPSA) is 132 Å². The largest absolute Gasteiger partial charge is 0.445 e. The minimum atomic E-state index is -1.22. The van der Waals surface area contributed by atoms with Gasteiger partial charge in [-0.15, -0.1) is 0 Å². The summed E-state index contributed by atoms with van der Waals surface area (Å²) in [7, 11) is 1.50. The normalized spacial score (nSPS) is 12.5. The SMILES string of the molecule is CCOC(CN(C)C(=O)C(Cc1ccc(F)c(F)c1)NC(=O)C(CN)NC(=O)OCc1ccccc1)OCC. The van der Waals surface area contributed by atoms with Gasteiger partial charge in [-0.2, -0.15) is 0 Å². The first-order valence-corrected chi connectivity index (χ1v) is 12.6. The van der Waals surface area contributed by atoms with E-state index in [0.29, 0.717) is 13.2 Å². The average molecular weight is 551 g/mol. The second-order valence-corrected chi connectivity index (χ2v) is 8.57. The number of hydrogen-bond donors (Lipinski definition) is 3. The minimum Gasteiger partial charge on any atom is -0.445 e. The molecule has 0 spiro atoms. The van der Waals surface area contributed by atoms with Crippen molar-refractivity contribution < 1.29 is 37.4 Å². The maximum absolute atomic E-state index is 13.8. The van der Waals surface area contributed by atoms with E-state index in [9.17, 15) is 23.2 Å². The number of nitrogens with two attached hydrogens (primary N) is 1. The molecule has 0 saturated carbocycles. The zero-order valence-corrected chi connectivity index (χ0v) is 22.3. The van der Waals surface area contributed by atoms with Crippen molar-refractivity contribution in [2.45, 2.75) is 45.2 Å². The Morgan fingerprint density at radius 3 is 2.18 bits per heavy atom. The second kappa shape index (κ2) is 16.4. The van der Waals surface area contributed by atoms with Gasteiger partial charge in [-0.25, -0.2) is 13.6 Å². The average Bonchev–Trinajstić information content (AvgIpc) is 2.92. The van der Waals surface area contributed by atoms with Gasteiger partial charge in [0.25, 0.3) is 0 Å². The number of amides is 3. The first-order valence-electron chi connectivity index (χ1n) is 12.6. The zero-order valence-electron chi connectivity index (χ0n) is 22.3. The van der Waals surface area contributed by atoms with Crippen molar-refractivity contribution in [3.05, 3.63) is 71.3 Å². The Bertz CT molecular complexity index is 1070. The fourth-order valence-corrected chi connectivity index (χ4v) is 3.62. The van der Waals surface area contributed by atoms with E-state index in [-0.39, 0.29) is 31.7 Å². The number of hydrogen-bond acceptors (Lipinski definition) is 7. The number of nitrogens with zero attached hydrogens (tertiary/aromatic N) is 1. The van der Waals surface area contributed by atoms with E-state index in [1.807, 2.05) is 6.07 Å². The number of likely N-dealkylation sites (N-methyl/N-ethyl adjacent to an activating group) is 1. The predicted octanol–water partition coefficient (Wildman–Crippen LogP) is 2.10. The quantitative estimate of drug-likeness (QED) is 0.290. The molecule has 4 N–H and O–H groups in total. The molecule has 214 valence electrons. The molecule has 12 heteroatoms. The van der Waals surface area contributed by atoms with Crippen LogP contribution < -0.4 is 16.4 Å². The maximum atomic E-state index is 13.8. The lowest BCUT2D eigenvalue weighted by Gasteiger charge is -2.29. The Kier molecular flexibility index (Phi) is 13.3. The highest BCUT2D eigenvalue weighted by Gasteiger charge is 2.30. The van der Waals surface area contributed by atoms with Crippen LogP contribution >= 0.6 is 0 Å². The number of carbonyl (C=O) groups excluding carboxylic acids is 3. The smallest absolute Gasteiger partial charge is 0.408 e. The lowest BCUT2D eigenvalue weighted by atomic mass is 10.0. The van der Waals surface area contributed by atoms with Crippen LogP contribution in [0, 0.1) is 11.6 Å². The summed E-state index contributed by atoms with van der Waals surface area (Å²) in [5, 5.41) is 4.95. The molecule has 2 aromatic rings. The summed E-state index contributed by atoms with van der Waals surface area (Å²) < 4.78 is 43.4. The maximum Gasteiger partial charge on any atom is 0.408 e. The van der Waals surface area contributed by atoms with Crippen molar-refractivity contribution in [3.8, 4) is 0 Å². The number of halogens is 2. The molecule has 0 aliphatic rings. The highest BCUT2D eigenvalue weighted by molar-refractivity contribution is 5.91. The van der Waals surface area contributed by atoms with E-state index in [1.54, 1.807) is 38.1 Å². The van der Waals surface area contributed by atoms with E-state index in [1.165, 1.54) is 18.0 Å². The standard InChI is InChI=1S/C27H36F2N4O6/c1-4-37-24(38-5-2)16-33(3)26(35)22(14-19-11-12-20(28)21(29)13-19)31-25(34)23(15-30)32-27(36)39-17-18-9-7-6-8-10-18/h6-13,22-24H,4-5,14-17,30H2,1-3H3,(H,31,34)(H,32,36). The third-order valence-corrected chi connectivity index (χ3v) is 5.60. The van der Waals surface area contributed by atoms with Gasteiger partial charge in [-0.3, -0.25) is 9.59 Å². The molecule has 2 aromatic carbocycles. The van der Waals surface area contributed by atoms with Crippen molar-refractivity contribution in [1.29, 1.82) is 0 Å². The Labute approximate surface area is 226 Å². The Hall–Kier alpha value is -3.61. The molecule has 0 radical (unpaired) electrons. The van der Waals surface area contributed by atoms with Gasteiger partial charge in [-0.05, 0) is 37.1 Å². The monoisotopic (exact) mass is 550 g/mol. The zero-order chi connectivity index (χ0) is 28.8. The molecule has 2 atom stereocenters. The van der Waals surface area contributed by atoms with Crippen molar-refractivity contribution >= 4 is 17.9 Å². The first-order chi connectivity index (χ1) is 18.7. The van der Waals surface area contributed by atoms with Crippen LogP contribution in [0.1, 0.15) is 25.0 Å². The highest BCUT2D eigenvalue weighted by atomic mass is 19.2. The number of ether oxygens (including phenoxy) is 3. The van der Waals surface area contributed by atoms with Crippen LogP contribution in [0.15, 0.2) is 48.5 Å². The highest BCUT2D eigenvalue weighted by Crippen LogP contribution is 2.13. The van der Waals surface area contributed by atoms with Crippen LogP contribution in [-0.4, -0.2) is 74.5 Å². The third-order valence-electron chi connectivity index (χ3n) is 5.60. The molecule has 10 nitrogen and oxygen atoms in total. The number of alkyl carbamates (subject to hydrolysis) is 1. The van der Waals surface area contributed by atoms with Gasteiger partial charge in [-0.1, -0.05) is 36.4 Å². The van der Waals surface area contributed by atoms with Crippen LogP contribution in [0.3, 0.4) is 0 Å². The van der Waals surface area contributed by atoms with Gasteiger partial charge in [0.15, 0.2) is 17.9 Å². The summed E-state index contributed by atoms with van der Waals surface area (Å²) in [5.74, 6) is -3.43. The van der Waals surface area contributed by atoms with E-state index < -0.39 is 47.9 Å². The lowest BCUT2D eigenvalue weighted by molar-refractivity contribution is -0.158. The Morgan fingerprint density at radius 2 is 1.59 bits per heavy atom. The van der Waals surface area contributed by atoms with Gasteiger partial charge in [0.1, 0.15) is 18.7 Å². The first kappa shape index (κ1) is 31.6. The number of benzene rings is 2. The van der Waals surface area contributed by atoms with Crippen LogP contribution in [0.5, 0.6) is 0 Å². The molecule has 0 bridgehead atoms. The molecule has 0 aliphatic carbocycles. The van der Waals surface area contributed by atoms with Crippen molar-refractivity contribution in [2.75, 3.05) is 33.4 Å². The summed E-state index contributed by atoms with van der Waals surface area (Å²) in [5.41, 5.74) is 6.73.